The van der Waals surface area contributed by atoms with Gasteiger partial charge in [0, 0.05) is 87.5 Å². The summed E-state index contributed by atoms with van der Waals surface area (Å²) in [5.41, 5.74) is 17.2. The van der Waals surface area contributed by atoms with Gasteiger partial charge in [-0.1, -0.05) is 55.6 Å². The average molecular weight is 1310 g/mol. The van der Waals surface area contributed by atoms with Gasteiger partial charge in [0.25, 0.3) is 0 Å². The number of aryl methyl sites for hydroxylation is 2. The van der Waals surface area contributed by atoms with Gasteiger partial charge in [0.1, 0.15) is 42.8 Å². The topological polar surface area (TPSA) is 283 Å². The quantitative estimate of drug-likeness (QED) is 0.0382. The van der Waals surface area contributed by atoms with Crippen molar-refractivity contribution in [3.05, 3.63) is 135 Å². The molecule has 5 aromatic carbocycles. The first-order valence-corrected chi connectivity index (χ1v) is 32.5. The normalized spacial score (nSPS) is 24.4. The number of nitriles is 2. The predicted molar refractivity (Wildman–Crippen MR) is 359 cm³/mol. The number of nitrogens with zero attached hydrogens (tertiary/aromatic N) is 6. The zero-order valence-corrected chi connectivity index (χ0v) is 56.1. The Kier molecular flexibility index (Phi) is 18.5. The highest BCUT2D eigenvalue weighted by Gasteiger charge is 2.59. The predicted octanol–water partition coefficient (Wildman–Crippen LogP) is 7.12. The molecule has 24 heteroatoms. The highest BCUT2D eigenvalue weighted by molar-refractivity contribution is 7.80. The Morgan fingerprint density at radius 1 is 0.674 bits per heavy atom. The number of hydrogen-bond acceptors (Lipinski definition) is 20. The van der Waals surface area contributed by atoms with Crippen molar-refractivity contribution < 1.29 is 57.7 Å². The Morgan fingerprint density at radius 2 is 1.11 bits per heavy atom. The van der Waals surface area contributed by atoms with E-state index in [4.69, 9.17) is 55.8 Å². The molecule has 12 atom stereocenters. The Balaban J connectivity index is 0.000000185. The van der Waals surface area contributed by atoms with Gasteiger partial charge in [-0.2, -0.15) is 10.5 Å². The monoisotopic (exact) mass is 1310 g/mol. The number of phenols is 2. The molecule has 2 unspecified atom stereocenters. The Labute approximate surface area is 559 Å². The summed E-state index contributed by atoms with van der Waals surface area (Å²) in [7, 11) is 7.17. The fraction of sp³-hybridized carbons (Fsp3) is 0.451. The molecule has 8 aliphatic rings. The highest BCUT2D eigenvalue weighted by Crippen LogP contribution is 2.61. The van der Waals surface area contributed by atoms with Crippen molar-refractivity contribution in [2.75, 3.05) is 73.5 Å². The number of likely N-dealkylation sites (N-methyl/N-ethyl adjacent to an activating group) is 2. The zero-order valence-electron chi connectivity index (χ0n) is 55.3. The van der Waals surface area contributed by atoms with Crippen LogP contribution in [0, 0.1) is 50.4 Å². The molecular weight excluding hydrogens is 1230 g/mol. The van der Waals surface area contributed by atoms with Gasteiger partial charge >= 0.3 is 0 Å². The third-order valence-corrected chi connectivity index (χ3v) is 20.6. The summed E-state index contributed by atoms with van der Waals surface area (Å²) in [5, 5.41) is 57.8. The number of aromatic hydroxyl groups is 2. The van der Waals surface area contributed by atoms with Crippen molar-refractivity contribution in [2.45, 2.75) is 140 Å². The van der Waals surface area contributed by atoms with Crippen LogP contribution in [0.3, 0.4) is 0 Å². The van der Waals surface area contributed by atoms with E-state index < -0.39 is 36.3 Å². The van der Waals surface area contributed by atoms with Gasteiger partial charge in [0.05, 0.1) is 56.6 Å². The van der Waals surface area contributed by atoms with Crippen LogP contribution in [0.4, 0.5) is 5.69 Å². The molecule has 8 aliphatic heterocycles. The number of amides is 2. The van der Waals surface area contributed by atoms with Crippen molar-refractivity contribution in [3.63, 3.8) is 0 Å². The fourth-order valence-corrected chi connectivity index (χ4v) is 16.7. The summed E-state index contributed by atoms with van der Waals surface area (Å²) in [6.07, 6.45) is 5.51. The van der Waals surface area contributed by atoms with Crippen molar-refractivity contribution >= 4 is 34.8 Å². The van der Waals surface area contributed by atoms with Gasteiger partial charge in [-0.15, -0.1) is 0 Å². The van der Waals surface area contributed by atoms with Gasteiger partial charge in [-0.05, 0) is 128 Å². The van der Waals surface area contributed by atoms with Crippen LogP contribution in [0.25, 0.3) is 0 Å². The number of fused-ring (bicyclic) bond motifs is 18. The number of ether oxygens (including phenoxy) is 8. The van der Waals surface area contributed by atoms with E-state index in [0.29, 0.717) is 83.4 Å². The number of nitrogens with two attached hydrogens (primary N) is 1. The average Bonchev–Trinajstić information content (AvgIpc) is 1.19. The van der Waals surface area contributed by atoms with Crippen LogP contribution in [0.1, 0.15) is 105 Å². The Bertz CT molecular complexity index is 4010. The molecule has 500 valence electrons. The number of anilines is 1. The van der Waals surface area contributed by atoms with E-state index in [0.717, 1.165) is 72.4 Å². The number of piperazine rings is 2. The summed E-state index contributed by atoms with van der Waals surface area (Å²) in [4.78, 5) is 35.4. The van der Waals surface area contributed by atoms with Crippen LogP contribution in [-0.2, 0) is 35.3 Å². The minimum atomic E-state index is -0.702. The van der Waals surface area contributed by atoms with Gasteiger partial charge in [0.2, 0.25) is 25.4 Å². The molecular formula is C71H83N11O12S. The maximum Gasteiger partial charge on any atom is 0.242 e. The minimum absolute atomic E-state index is 0.0406. The van der Waals surface area contributed by atoms with E-state index in [1.165, 1.54) is 0 Å². The molecule has 0 saturated carbocycles. The number of hydrogen-bond donors (Lipinski definition) is 7. The number of carbonyl (C=O) groups excluding carboxylic acids is 2. The van der Waals surface area contributed by atoms with Crippen LogP contribution in [0.2, 0.25) is 0 Å². The number of phenolic OH excluding ortho intramolecular Hbond substituents is 2. The molecule has 23 nitrogen and oxygen atoms in total. The van der Waals surface area contributed by atoms with Crippen LogP contribution in [0.15, 0.2) is 67.8 Å². The molecule has 5 aromatic rings. The highest BCUT2D eigenvalue weighted by atomic mass is 32.1. The molecule has 0 aromatic heterocycles. The maximum atomic E-state index is 13.8. The molecule has 8 N–H and O–H groups in total. The summed E-state index contributed by atoms with van der Waals surface area (Å²) in [6, 6.07) is 14.0. The van der Waals surface area contributed by atoms with Crippen LogP contribution >= 0.6 is 12.2 Å². The first-order chi connectivity index (χ1) is 45.7. The standard InChI is InChI=1S/C39H44N6O6S.C32H39N5O6/c1-7-13-49-35-21(3)36-37(51-19-50-36)31-25(35)16-27-32-30-23(14-20(2)34(48-6)33(30)46)15-26(44(32)5)28(17-40)45(27)29(31)18-41-38(47)22(4)42-39(52)43-24-11-9-8-10-12-24;1-7-8-41-29-16(3)30-31(43-14-42-30)25-19(29)11-21-26-24-18(9-15(2)28(40-6)27(24)38)10-20(36(26)5)22(12-33)37(21)23(25)13-35-32(39)17(4)34/h7-12,14,22,26-29,32,46H,1,13,15-16,18-19H2,2-6H3,(H,41,47)(H2,42,43,52);7,9,17,20-23,26,38H,1,8,10-11,13-14,34H2,2-6H3,(H,35,39)/t22-,26+,27?,28+,29+,32+;17-,20-,21?,22-,23-,26-/m10/s1. The number of methoxy groups -OCH3 is 2. The maximum absolute atomic E-state index is 13.8. The molecule has 2 fully saturated rings. The first kappa shape index (κ1) is 66.0. The second-order valence-electron chi connectivity index (χ2n) is 25.7. The smallest absolute Gasteiger partial charge is 0.242 e. The number of carbonyl (C=O) groups is 2. The second-order valence-corrected chi connectivity index (χ2v) is 26.1. The van der Waals surface area contributed by atoms with Crippen LogP contribution in [-0.4, -0.2) is 163 Å². The molecule has 0 radical (unpaired) electrons. The lowest BCUT2D eigenvalue weighted by Gasteiger charge is -2.60. The minimum Gasteiger partial charge on any atom is -0.504 e. The second kappa shape index (κ2) is 26.7. The Morgan fingerprint density at radius 3 is 1.52 bits per heavy atom. The van der Waals surface area contributed by atoms with Crippen LogP contribution < -0.4 is 64.9 Å². The Hall–Kier alpha value is -9.01. The molecule has 0 spiro atoms. The zero-order chi connectivity index (χ0) is 67.6. The molecule has 13 rings (SSSR count). The lowest BCUT2D eigenvalue weighted by molar-refractivity contribution is -0.124. The molecule has 2 amide bonds. The first-order valence-electron chi connectivity index (χ1n) is 32.1. The summed E-state index contributed by atoms with van der Waals surface area (Å²) < 4.78 is 48.2. The largest absolute Gasteiger partial charge is 0.504 e. The number of thiocarbonyl (C=S) groups is 1. The van der Waals surface area contributed by atoms with E-state index in [1.54, 1.807) is 40.2 Å². The van der Waals surface area contributed by atoms with Gasteiger partial charge in [-0.25, -0.2) is 0 Å². The molecule has 95 heavy (non-hydrogen) atoms. The fourth-order valence-electron chi connectivity index (χ4n) is 16.4. The lowest BCUT2D eigenvalue weighted by Crippen LogP contribution is -2.69. The molecule has 0 aliphatic carbocycles. The summed E-state index contributed by atoms with van der Waals surface area (Å²) in [6.45, 7) is 19.9. The lowest BCUT2D eigenvalue weighted by atomic mass is 9.71. The van der Waals surface area contributed by atoms with E-state index in [-0.39, 0.29) is 92.8 Å². The summed E-state index contributed by atoms with van der Waals surface area (Å²) in [5.74, 6) is 4.32. The van der Waals surface area contributed by atoms with Crippen molar-refractivity contribution in [2.24, 2.45) is 5.73 Å². The van der Waals surface area contributed by atoms with E-state index in [9.17, 15) is 30.3 Å². The van der Waals surface area contributed by atoms with Crippen LogP contribution in [0.5, 0.6) is 57.5 Å². The van der Waals surface area contributed by atoms with Crippen molar-refractivity contribution in [3.8, 4) is 69.6 Å². The number of nitrogens with one attached hydrogen (secondary N) is 4. The van der Waals surface area contributed by atoms with E-state index >= 15 is 0 Å². The van der Waals surface area contributed by atoms with Gasteiger partial charge in [0.15, 0.2) is 51.1 Å². The number of rotatable bonds is 16. The molecule has 2 saturated heterocycles. The number of benzene rings is 5. The summed E-state index contributed by atoms with van der Waals surface area (Å²) >= 11 is 5.51. The third kappa shape index (κ3) is 11.2. The van der Waals surface area contributed by atoms with E-state index in [1.807, 2.05) is 72.1 Å². The molecule has 4 bridgehead atoms. The molecule has 8 heterocycles. The number of para-hydroxylation sites is 1. The SMILES string of the molecule is C=CCOc1c(C)c2c(c3c1CC1[C@H]4c5c(cc(C)c(OC)c5O)C[C@@H]([C@H](C#N)N1[C@H]3CNC(=O)[C@@H](C)NC(=S)Nc1ccccc1)N4C)OCO2.C=CCOc1c(C)c2c(c3c1CC1[C@H]4c5c(cc(C)c(OC)c5O)C[C@@H]([C@H](C#N)N1[C@H]3CNC(=O)[C@H](C)N)N4C)OCO2. The third-order valence-electron chi connectivity index (χ3n) is 20.3. The van der Waals surface area contributed by atoms with Gasteiger partial charge < -0.3 is 75.1 Å². The van der Waals surface area contributed by atoms with Crippen molar-refractivity contribution in [1.29, 1.82) is 10.5 Å². The van der Waals surface area contributed by atoms with Crippen molar-refractivity contribution in [1.82, 2.24) is 35.6 Å². The van der Waals surface area contributed by atoms with Gasteiger partial charge in [-0.3, -0.25) is 29.2 Å². The van der Waals surface area contributed by atoms with E-state index in [2.05, 4.69) is 78.3 Å².